The van der Waals surface area contributed by atoms with E-state index in [2.05, 4.69) is 35.4 Å². The van der Waals surface area contributed by atoms with Gasteiger partial charge in [-0.3, -0.25) is 0 Å². The van der Waals surface area contributed by atoms with Crippen LogP contribution in [0.1, 0.15) is 18.4 Å². The Labute approximate surface area is 106 Å². The number of aromatic amines is 1. The molecule has 2 fully saturated rings. The Balaban J connectivity index is 1.80. The van der Waals surface area contributed by atoms with E-state index in [9.17, 15) is 0 Å². The van der Waals surface area contributed by atoms with Crippen LogP contribution in [0.5, 0.6) is 0 Å². The second-order valence-corrected chi connectivity index (χ2v) is 5.83. The van der Waals surface area contributed by atoms with E-state index in [1.165, 1.54) is 16.5 Å². The Hall–Kier alpha value is -1.32. The van der Waals surface area contributed by atoms with E-state index in [0.29, 0.717) is 12.0 Å². The highest BCUT2D eigenvalue weighted by Gasteiger charge is 2.52. The summed E-state index contributed by atoms with van der Waals surface area (Å²) in [5, 5.41) is 1.35. The highest BCUT2D eigenvalue weighted by Crippen LogP contribution is 2.49. The van der Waals surface area contributed by atoms with Gasteiger partial charge in [-0.25, -0.2) is 0 Å². The maximum atomic E-state index is 5.96. The van der Waals surface area contributed by atoms with Crippen LogP contribution in [0.2, 0.25) is 0 Å². The molecule has 2 aliphatic rings. The van der Waals surface area contributed by atoms with Gasteiger partial charge in [0.15, 0.2) is 0 Å². The Morgan fingerprint density at radius 3 is 2.67 bits per heavy atom. The van der Waals surface area contributed by atoms with Crippen molar-refractivity contribution in [3.63, 3.8) is 0 Å². The number of nitrogens with one attached hydrogen (secondary N) is 1. The minimum Gasteiger partial charge on any atom is -0.379 e. The summed E-state index contributed by atoms with van der Waals surface area (Å²) >= 11 is 0. The van der Waals surface area contributed by atoms with Gasteiger partial charge in [0.05, 0.1) is 13.2 Å². The third-order valence-electron chi connectivity index (χ3n) is 4.80. The Morgan fingerprint density at radius 2 is 2.00 bits per heavy atom. The quantitative estimate of drug-likeness (QED) is 0.848. The van der Waals surface area contributed by atoms with Crippen LogP contribution >= 0.6 is 0 Å². The highest BCUT2D eigenvalue weighted by atomic mass is 16.5. The van der Waals surface area contributed by atoms with Crippen molar-refractivity contribution in [2.75, 3.05) is 13.2 Å². The van der Waals surface area contributed by atoms with Gasteiger partial charge in [-0.15, -0.1) is 0 Å². The third kappa shape index (κ3) is 1.26. The van der Waals surface area contributed by atoms with Gasteiger partial charge in [0.25, 0.3) is 0 Å². The lowest BCUT2D eigenvalue weighted by molar-refractivity contribution is -0.110. The van der Waals surface area contributed by atoms with Gasteiger partial charge < -0.3 is 15.5 Å². The first-order chi connectivity index (χ1) is 8.79. The lowest BCUT2D eigenvalue weighted by Crippen LogP contribution is -2.58. The number of rotatable bonds is 2. The molecule has 3 nitrogen and oxygen atoms in total. The number of nitrogens with two attached hydrogens (primary N) is 1. The fourth-order valence-corrected chi connectivity index (χ4v) is 3.53. The first kappa shape index (κ1) is 10.6. The molecule has 18 heavy (non-hydrogen) atoms. The van der Waals surface area contributed by atoms with E-state index in [-0.39, 0.29) is 5.41 Å². The van der Waals surface area contributed by atoms with Gasteiger partial charge in [0, 0.05) is 28.6 Å². The van der Waals surface area contributed by atoms with Gasteiger partial charge in [-0.05, 0) is 30.4 Å². The van der Waals surface area contributed by atoms with E-state index in [1.54, 1.807) is 0 Å². The summed E-state index contributed by atoms with van der Waals surface area (Å²) in [6.07, 6.45) is 4.46. The van der Waals surface area contributed by atoms with Crippen molar-refractivity contribution in [2.45, 2.75) is 24.3 Å². The second kappa shape index (κ2) is 3.59. The monoisotopic (exact) mass is 242 g/mol. The van der Waals surface area contributed by atoms with Crippen molar-refractivity contribution in [1.29, 1.82) is 0 Å². The molecule has 1 saturated heterocycles. The Bertz CT molecular complexity index is 579. The predicted octanol–water partition coefficient (Wildman–Crippen LogP) is 2.17. The van der Waals surface area contributed by atoms with Crippen LogP contribution < -0.4 is 5.73 Å². The Morgan fingerprint density at radius 1 is 1.22 bits per heavy atom. The molecule has 1 aromatic heterocycles. The van der Waals surface area contributed by atoms with Gasteiger partial charge >= 0.3 is 0 Å². The van der Waals surface area contributed by atoms with Crippen molar-refractivity contribution in [3.8, 4) is 0 Å². The molecule has 1 aliphatic heterocycles. The summed E-state index contributed by atoms with van der Waals surface area (Å²) in [5.74, 6) is 0.695. The second-order valence-electron chi connectivity index (χ2n) is 5.83. The summed E-state index contributed by atoms with van der Waals surface area (Å²) < 4.78 is 5.55. The fourth-order valence-electron chi connectivity index (χ4n) is 3.53. The summed E-state index contributed by atoms with van der Waals surface area (Å²) in [7, 11) is 0. The third-order valence-corrected chi connectivity index (χ3v) is 4.80. The lowest BCUT2D eigenvalue weighted by atomic mass is 9.59. The van der Waals surface area contributed by atoms with Crippen molar-refractivity contribution in [2.24, 2.45) is 11.7 Å². The molecule has 0 amide bonds. The van der Waals surface area contributed by atoms with Crippen LogP contribution in [0.25, 0.3) is 10.9 Å². The summed E-state index contributed by atoms with van der Waals surface area (Å²) in [6, 6.07) is 8.93. The molecule has 3 heteroatoms. The van der Waals surface area contributed by atoms with Crippen LogP contribution in [0.4, 0.5) is 0 Å². The van der Waals surface area contributed by atoms with E-state index in [4.69, 9.17) is 10.5 Å². The topological polar surface area (TPSA) is 51.0 Å². The summed E-state index contributed by atoms with van der Waals surface area (Å²) in [6.45, 7) is 1.71. The number of fused-ring (bicyclic) bond motifs is 1. The number of aromatic nitrogens is 1. The van der Waals surface area contributed by atoms with Crippen molar-refractivity contribution < 1.29 is 4.74 Å². The van der Waals surface area contributed by atoms with Crippen molar-refractivity contribution >= 4 is 10.9 Å². The molecule has 0 unspecified atom stereocenters. The molecule has 3 N–H and O–H groups in total. The van der Waals surface area contributed by atoms with Crippen molar-refractivity contribution in [3.05, 3.63) is 36.0 Å². The SMILES string of the molecule is NC1CC(C2(c3c[nH]c4ccccc34)COC2)C1. The average Bonchev–Trinajstić information content (AvgIpc) is 2.70. The number of ether oxygens (including phenoxy) is 1. The smallest absolute Gasteiger partial charge is 0.0589 e. The zero-order valence-corrected chi connectivity index (χ0v) is 10.4. The normalized spacial score (nSPS) is 29.8. The number of benzene rings is 1. The van der Waals surface area contributed by atoms with Crippen LogP contribution in [0, 0.1) is 5.92 Å². The van der Waals surface area contributed by atoms with Crippen LogP contribution in [-0.2, 0) is 10.2 Å². The minimum atomic E-state index is 0.218. The molecule has 1 saturated carbocycles. The number of para-hydroxylation sites is 1. The first-order valence-electron chi connectivity index (χ1n) is 6.69. The van der Waals surface area contributed by atoms with Crippen LogP contribution in [0.15, 0.2) is 30.5 Å². The molecule has 0 radical (unpaired) electrons. The molecule has 0 spiro atoms. The minimum absolute atomic E-state index is 0.218. The summed E-state index contributed by atoms with van der Waals surface area (Å²) in [5.41, 5.74) is 8.84. The maximum absolute atomic E-state index is 5.96. The Kier molecular flexibility index (Phi) is 2.11. The van der Waals surface area contributed by atoms with Gasteiger partial charge in [-0.1, -0.05) is 18.2 Å². The van der Waals surface area contributed by atoms with E-state index >= 15 is 0 Å². The highest BCUT2D eigenvalue weighted by molar-refractivity contribution is 5.84. The maximum Gasteiger partial charge on any atom is 0.0589 e. The van der Waals surface area contributed by atoms with Gasteiger partial charge in [0.1, 0.15) is 0 Å². The lowest BCUT2D eigenvalue weighted by Gasteiger charge is -2.53. The summed E-state index contributed by atoms with van der Waals surface area (Å²) in [4.78, 5) is 3.39. The van der Waals surface area contributed by atoms with Gasteiger partial charge in [0.2, 0.25) is 0 Å². The number of hydrogen-bond donors (Lipinski definition) is 2. The molecule has 1 aromatic carbocycles. The molecule has 1 aliphatic carbocycles. The van der Waals surface area contributed by atoms with Crippen molar-refractivity contribution in [1.82, 2.24) is 4.98 Å². The standard InChI is InChI=1S/C15H18N2O/c16-11-5-10(6-11)15(8-18-9-15)13-7-17-14-4-2-1-3-12(13)14/h1-4,7,10-11,17H,5-6,8-9,16H2. The first-order valence-corrected chi connectivity index (χ1v) is 6.69. The predicted molar refractivity (Wildman–Crippen MR) is 71.5 cm³/mol. The zero-order valence-electron chi connectivity index (χ0n) is 10.4. The molecular weight excluding hydrogens is 224 g/mol. The molecule has 0 bridgehead atoms. The molecule has 2 aromatic rings. The molecule has 4 rings (SSSR count). The van der Waals surface area contributed by atoms with Crippen LogP contribution in [-0.4, -0.2) is 24.2 Å². The molecule has 0 atom stereocenters. The molecule has 2 heterocycles. The molecular formula is C15H18N2O. The fraction of sp³-hybridized carbons (Fsp3) is 0.467. The van der Waals surface area contributed by atoms with E-state index in [0.717, 1.165) is 26.1 Å². The number of hydrogen-bond acceptors (Lipinski definition) is 2. The largest absolute Gasteiger partial charge is 0.379 e. The average molecular weight is 242 g/mol. The van der Waals surface area contributed by atoms with E-state index < -0.39 is 0 Å². The molecule has 94 valence electrons. The zero-order chi connectivity index (χ0) is 12.2. The number of H-pyrrole nitrogens is 1. The van der Waals surface area contributed by atoms with Crippen LogP contribution in [0.3, 0.4) is 0 Å². The van der Waals surface area contributed by atoms with Gasteiger partial charge in [-0.2, -0.15) is 0 Å². The van der Waals surface area contributed by atoms with E-state index in [1.807, 2.05) is 0 Å².